The van der Waals surface area contributed by atoms with Crippen LogP contribution < -0.4 is 10.6 Å². The minimum atomic E-state index is 0.313. The maximum Gasteiger partial charge on any atom is 0.191 e. The lowest BCUT2D eigenvalue weighted by Crippen LogP contribution is -2.39. The van der Waals surface area contributed by atoms with Gasteiger partial charge in [0.25, 0.3) is 0 Å². The van der Waals surface area contributed by atoms with Gasteiger partial charge in [0, 0.05) is 43.2 Å². The predicted molar refractivity (Wildman–Crippen MR) is 104 cm³/mol. The third kappa shape index (κ3) is 5.97. The van der Waals surface area contributed by atoms with Gasteiger partial charge in [0.2, 0.25) is 0 Å². The fourth-order valence-corrected chi connectivity index (χ4v) is 3.44. The van der Waals surface area contributed by atoms with E-state index in [1.165, 1.54) is 12.0 Å². The average molecular weight is 410 g/mol. The first kappa shape index (κ1) is 18.7. The second-order valence-electron chi connectivity index (χ2n) is 6.71. The number of guanidine groups is 1. The third-order valence-corrected chi connectivity index (χ3v) is 5.25. The van der Waals surface area contributed by atoms with Crippen LogP contribution in [0, 0.1) is 0 Å². The first-order valence-electron chi connectivity index (χ1n) is 9.18. The molecule has 6 heteroatoms. The van der Waals surface area contributed by atoms with E-state index in [2.05, 4.69) is 55.8 Å². The Balaban J connectivity index is 1.28. The van der Waals surface area contributed by atoms with E-state index >= 15 is 0 Å². The van der Waals surface area contributed by atoms with E-state index in [4.69, 9.17) is 9.47 Å². The number of ether oxygens (including phenoxy) is 2. The van der Waals surface area contributed by atoms with Gasteiger partial charge in [-0.25, -0.2) is 0 Å². The highest BCUT2D eigenvalue weighted by Crippen LogP contribution is 2.40. The molecule has 1 aliphatic heterocycles. The molecule has 1 aromatic rings. The molecule has 3 atom stereocenters. The van der Waals surface area contributed by atoms with Crippen molar-refractivity contribution in [2.45, 2.75) is 43.7 Å². The summed E-state index contributed by atoms with van der Waals surface area (Å²) in [5.74, 6) is 1.46. The Kier molecular flexibility index (Phi) is 7.13. The summed E-state index contributed by atoms with van der Waals surface area (Å²) >= 11 is 3.48. The standard InChI is InChI=1S/C19H28BrN3O2/c1-21-19(22-9-3-10-24-13-16-4-2-11-25-16)23-18-12-17(18)14-5-7-15(20)8-6-14/h5-8,16-18H,2-4,9-13H2,1H3,(H2,21,22,23). The van der Waals surface area contributed by atoms with Gasteiger partial charge in [-0.2, -0.15) is 0 Å². The van der Waals surface area contributed by atoms with Gasteiger partial charge in [-0.05, 0) is 43.4 Å². The zero-order valence-electron chi connectivity index (χ0n) is 14.8. The summed E-state index contributed by atoms with van der Waals surface area (Å²) in [6.07, 6.45) is 4.74. The van der Waals surface area contributed by atoms with Crippen molar-refractivity contribution >= 4 is 21.9 Å². The van der Waals surface area contributed by atoms with Gasteiger partial charge >= 0.3 is 0 Å². The molecule has 0 aromatic heterocycles. The molecule has 3 rings (SSSR count). The van der Waals surface area contributed by atoms with E-state index in [0.29, 0.717) is 18.1 Å². The van der Waals surface area contributed by atoms with Crippen LogP contribution in [0.2, 0.25) is 0 Å². The minimum absolute atomic E-state index is 0.313. The number of rotatable bonds is 8. The van der Waals surface area contributed by atoms with Crippen LogP contribution in [0.15, 0.2) is 33.7 Å². The van der Waals surface area contributed by atoms with E-state index in [1.807, 2.05) is 7.05 Å². The van der Waals surface area contributed by atoms with Crippen LogP contribution in [0.3, 0.4) is 0 Å². The van der Waals surface area contributed by atoms with Crippen molar-refractivity contribution in [2.24, 2.45) is 4.99 Å². The Morgan fingerprint density at radius 3 is 2.92 bits per heavy atom. The molecule has 1 heterocycles. The quantitative estimate of drug-likeness (QED) is 0.393. The van der Waals surface area contributed by atoms with Crippen molar-refractivity contribution in [3.05, 3.63) is 34.3 Å². The van der Waals surface area contributed by atoms with Crippen molar-refractivity contribution < 1.29 is 9.47 Å². The molecule has 0 spiro atoms. The SMILES string of the molecule is CN=C(NCCCOCC1CCCO1)NC1CC1c1ccc(Br)cc1. The van der Waals surface area contributed by atoms with Gasteiger partial charge in [-0.1, -0.05) is 28.1 Å². The highest BCUT2D eigenvalue weighted by Gasteiger charge is 2.38. The van der Waals surface area contributed by atoms with E-state index in [-0.39, 0.29) is 0 Å². The third-order valence-electron chi connectivity index (χ3n) is 4.72. The molecule has 0 bridgehead atoms. The predicted octanol–water partition coefficient (Wildman–Crippen LogP) is 3.06. The molecule has 1 saturated heterocycles. The number of aliphatic imine (C=N–C) groups is 1. The van der Waals surface area contributed by atoms with Crippen LogP contribution >= 0.6 is 15.9 Å². The van der Waals surface area contributed by atoms with Gasteiger partial charge in [0.1, 0.15) is 0 Å². The van der Waals surface area contributed by atoms with Gasteiger partial charge in [0.05, 0.1) is 12.7 Å². The van der Waals surface area contributed by atoms with Gasteiger partial charge in [-0.15, -0.1) is 0 Å². The van der Waals surface area contributed by atoms with Gasteiger partial charge < -0.3 is 20.1 Å². The largest absolute Gasteiger partial charge is 0.379 e. The minimum Gasteiger partial charge on any atom is -0.379 e. The summed E-state index contributed by atoms with van der Waals surface area (Å²) in [4.78, 5) is 4.32. The zero-order chi connectivity index (χ0) is 17.5. The number of nitrogens with zero attached hydrogens (tertiary/aromatic N) is 1. The summed E-state index contributed by atoms with van der Waals surface area (Å²) in [6, 6.07) is 9.07. The Labute approximate surface area is 158 Å². The van der Waals surface area contributed by atoms with Crippen molar-refractivity contribution in [1.82, 2.24) is 10.6 Å². The monoisotopic (exact) mass is 409 g/mol. The highest BCUT2D eigenvalue weighted by atomic mass is 79.9. The number of benzene rings is 1. The fraction of sp³-hybridized carbons (Fsp3) is 0.632. The van der Waals surface area contributed by atoms with E-state index in [9.17, 15) is 0 Å². The van der Waals surface area contributed by atoms with Crippen molar-refractivity contribution in [3.63, 3.8) is 0 Å². The molecule has 25 heavy (non-hydrogen) atoms. The summed E-state index contributed by atoms with van der Waals surface area (Å²) in [5.41, 5.74) is 1.39. The van der Waals surface area contributed by atoms with Crippen LogP contribution in [0.5, 0.6) is 0 Å². The van der Waals surface area contributed by atoms with E-state index in [1.54, 1.807) is 0 Å². The molecule has 3 unspecified atom stereocenters. The van der Waals surface area contributed by atoms with Crippen molar-refractivity contribution in [2.75, 3.05) is 33.4 Å². The Hall–Kier alpha value is -1.11. The molecule has 1 saturated carbocycles. The van der Waals surface area contributed by atoms with Crippen molar-refractivity contribution in [1.29, 1.82) is 0 Å². The lowest BCUT2D eigenvalue weighted by atomic mass is 10.1. The number of hydrogen-bond acceptors (Lipinski definition) is 3. The summed E-state index contributed by atoms with van der Waals surface area (Å²) < 4.78 is 12.4. The van der Waals surface area contributed by atoms with Crippen LogP contribution in [-0.2, 0) is 9.47 Å². The summed E-state index contributed by atoms with van der Waals surface area (Å²) in [7, 11) is 1.82. The van der Waals surface area contributed by atoms with E-state index < -0.39 is 0 Å². The van der Waals surface area contributed by atoms with Crippen molar-refractivity contribution in [3.8, 4) is 0 Å². The summed E-state index contributed by atoms with van der Waals surface area (Å²) in [5, 5.41) is 6.88. The molecule has 2 N–H and O–H groups in total. The van der Waals surface area contributed by atoms with Crippen LogP contribution in [0.4, 0.5) is 0 Å². The Morgan fingerprint density at radius 1 is 1.36 bits per heavy atom. The Morgan fingerprint density at radius 2 is 2.20 bits per heavy atom. The first-order valence-corrected chi connectivity index (χ1v) is 9.97. The number of hydrogen-bond donors (Lipinski definition) is 2. The topological polar surface area (TPSA) is 54.9 Å². The number of halogens is 1. The molecule has 2 aliphatic rings. The average Bonchev–Trinajstić information content (AvgIpc) is 3.19. The van der Waals surface area contributed by atoms with Crippen LogP contribution in [-0.4, -0.2) is 51.5 Å². The zero-order valence-corrected chi connectivity index (χ0v) is 16.4. The molecule has 0 amide bonds. The maximum absolute atomic E-state index is 5.68. The van der Waals surface area contributed by atoms with Gasteiger partial charge in [-0.3, -0.25) is 4.99 Å². The van der Waals surface area contributed by atoms with Gasteiger partial charge in [0.15, 0.2) is 5.96 Å². The smallest absolute Gasteiger partial charge is 0.191 e. The van der Waals surface area contributed by atoms with Crippen LogP contribution in [0.1, 0.15) is 37.2 Å². The molecule has 1 aromatic carbocycles. The van der Waals surface area contributed by atoms with Crippen LogP contribution in [0.25, 0.3) is 0 Å². The lowest BCUT2D eigenvalue weighted by Gasteiger charge is -2.13. The number of nitrogens with one attached hydrogen (secondary N) is 2. The molecule has 5 nitrogen and oxygen atoms in total. The molecule has 138 valence electrons. The second-order valence-corrected chi connectivity index (χ2v) is 7.62. The fourth-order valence-electron chi connectivity index (χ4n) is 3.17. The normalized spacial score (nSPS) is 25.8. The second kappa shape index (κ2) is 9.55. The summed E-state index contributed by atoms with van der Waals surface area (Å²) in [6.45, 7) is 3.24. The first-order chi connectivity index (χ1) is 12.3. The maximum atomic E-state index is 5.68. The molecule has 1 aliphatic carbocycles. The molecule has 0 radical (unpaired) electrons. The molecular weight excluding hydrogens is 382 g/mol. The lowest BCUT2D eigenvalue weighted by molar-refractivity contribution is 0.0168. The molecule has 2 fully saturated rings. The Bertz CT molecular complexity index is 558. The molecular formula is C19H28BrN3O2. The van der Waals surface area contributed by atoms with E-state index in [0.717, 1.165) is 56.1 Å². The highest BCUT2D eigenvalue weighted by molar-refractivity contribution is 9.10.